The molecule has 1 aromatic heterocycles. The topological polar surface area (TPSA) is 47.0 Å². The van der Waals surface area contributed by atoms with E-state index in [4.69, 9.17) is 23.2 Å². The van der Waals surface area contributed by atoms with E-state index in [0.717, 1.165) is 11.1 Å². The number of ketones is 2. The fraction of sp³-hybridized carbons (Fsp3) is 0.278. The number of benzene rings is 1. The van der Waals surface area contributed by atoms with Crippen molar-refractivity contribution in [3.05, 3.63) is 63.4 Å². The van der Waals surface area contributed by atoms with E-state index >= 15 is 0 Å². The third-order valence-electron chi connectivity index (χ3n) is 4.18. The summed E-state index contributed by atoms with van der Waals surface area (Å²) < 4.78 is 0. The largest absolute Gasteiger partial charge is 0.299 e. The van der Waals surface area contributed by atoms with Gasteiger partial charge in [-0.1, -0.05) is 35.3 Å². The predicted molar refractivity (Wildman–Crippen MR) is 90.3 cm³/mol. The minimum atomic E-state index is -0.248. The average Bonchev–Trinajstić information content (AvgIpc) is 2.54. The summed E-state index contributed by atoms with van der Waals surface area (Å²) in [7, 11) is 0. The van der Waals surface area contributed by atoms with Crippen LogP contribution >= 0.6 is 23.2 Å². The number of pyridine rings is 1. The number of Topliss-reactive ketones (excluding diaryl/α,β-unsaturated/α-hetero) is 2. The van der Waals surface area contributed by atoms with Crippen molar-refractivity contribution in [2.24, 2.45) is 0 Å². The van der Waals surface area contributed by atoms with Gasteiger partial charge in [0.15, 0.2) is 5.78 Å². The maximum absolute atomic E-state index is 12.6. The van der Waals surface area contributed by atoms with Crippen LogP contribution in [0.5, 0.6) is 0 Å². The first-order valence-corrected chi connectivity index (χ1v) is 8.26. The molecule has 2 aromatic rings. The second kappa shape index (κ2) is 6.81. The molecule has 1 atom stereocenters. The molecule has 1 heterocycles. The molecule has 118 valence electrons. The summed E-state index contributed by atoms with van der Waals surface area (Å²) in [5.74, 6) is -0.106. The zero-order valence-electron chi connectivity index (χ0n) is 12.4. The van der Waals surface area contributed by atoms with E-state index in [1.54, 1.807) is 24.4 Å². The minimum absolute atomic E-state index is 0.0189. The molecule has 0 amide bonds. The van der Waals surface area contributed by atoms with Crippen LogP contribution in [-0.4, -0.2) is 16.6 Å². The van der Waals surface area contributed by atoms with Gasteiger partial charge in [0.25, 0.3) is 0 Å². The van der Waals surface area contributed by atoms with Gasteiger partial charge in [0.05, 0.1) is 0 Å². The van der Waals surface area contributed by atoms with E-state index in [2.05, 4.69) is 4.98 Å². The number of nitrogens with zero attached hydrogens (tertiary/aromatic N) is 1. The normalized spacial score (nSPS) is 17.0. The molecule has 1 unspecified atom stereocenters. The third-order valence-corrected chi connectivity index (χ3v) is 4.77. The number of halogens is 2. The zero-order valence-corrected chi connectivity index (χ0v) is 13.9. The van der Waals surface area contributed by atoms with Crippen LogP contribution < -0.4 is 0 Å². The number of hydrogen-bond acceptors (Lipinski definition) is 3. The molecule has 0 aliphatic heterocycles. The van der Waals surface area contributed by atoms with Crippen molar-refractivity contribution >= 4 is 34.8 Å². The Hall–Kier alpha value is -1.71. The lowest BCUT2D eigenvalue weighted by molar-refractivity contribution is -0.120. The highest BCUT2D eigenvalue weighted by molar-refractivity contribution is 6.35. The molecule has 0 saturated carbocycles. The lowest BCUT2D eigenvalue weighted by Gasteiger charge is -2.22. The third kappa shape index (κ3) is 3.46. The van der Waals surface area contributed by atoms with Gasteiger partial charge in [-0.05, 0) is 42.2 Å². The molecule has 0 N–H and O–H groups in total. The van der Waals surface area contributed by atoms with Crippen LogP contribution in [0, 0.1) is 0 Å². The van der Waals surface area contributed by atoms with Crippen LogP contribution in [0.2, 0.25) is 10.0 Å². The summed E-state index contributed by atoms with van der Waals surface area (Å²) >= 11 is 12.0. The lowest BCUT2D eigenvalue weighted by atomic mass is 9.81. The number of hydrogen-bond donors (Lipinski definition) is 0. The summed E-state index contributed by atoms with van der Waals surface area (Å²) in [4.78, 5) is 28.7. The molecule has 0 radical (unpaired) electrons. The molecule has 0 saturated heterocycles. The van der Waals surface area contributed by atoms with E-state index < -0.39 is 0 Å². The lowest BCUT2D eigenvalue weighted by Crippen LogP contribution is -2.23. The smallest absolute Gasteiger partial charge is 0.181 e. The van der Waals surface area contributed by atoms with E-state index in [9.17, 15) is 9.59 Å². The summed E-state index contributed by atoms with van der Waals surface area (Å²) in [5, 5.41) is 1.15. The first-order chi connectivity index (χ1) is 11.1. The molecular weight excluding hydrogens is 333 g/mol. The van der Waals surface area contributed by atoms with Crippen molar-refractivity contribution < 1.29 is 9.59 Å². The number of aryl methyl sites for hydroxylation is 1. The Balaban J connectivity index is 1.74. The first-order valence-electron chi connectivity index (χ1n) is 7.51. The van der Waals surface area contributed by atoms with Crippen LogP contribution in [0.15, 0.2) is 36.5 Å². The molecule has 23 heavy (non-hydrogen) atoms. The van der Waals surface area contributed by atoms with Crippen molar-refractivity contribution in [2.45, 2.75) is 31.6 Å². The number of carbonyl (C=O) groups excluding carboxylic acids is 2. The number of aromatic nitrogens is 1. The van der Waals surface area contributed by atoms with Gasteiger partial charge in [0, 0.05) is 35.0 Å². The van der Waals surface area contributed by atoms with Crippen LogP contribution in [0.4, 0.5) is 0 Å². The van der Waals surface area contributed by atoms with E-state index in [-0.39, 0.29) is 17.5 Å². The molecule has 1 aliphatic carbocycles. The summed E-state index contributed by atoms with van der Waals surface area (Å²) in [6, 6.07) is 8.90. The van der Waals surface area contributed by atoms with Crippen molar-refractivity contribution in [3.63, 3.8) is 0 Å². The number of rotatable bonds is 4. The molecule has 3 rings (SSSR count). The van der Waals surface area contributed by atoms with Gasteiger partial charge in [0.2, 0.25) is 0 Å². The molecule has 0 bridgehead atoms. The molecular formula is C18H15Cl2NO2. The van der Waals surface area contributed by atoms with Gasteiger partial charge in [-0.3, -0.25) is 14.6 Å². The van der Waals surface area contributed by atoms with Gasteiger partial charge in [0.1, 0.15) is 11.5 Å². The van der Waals surface area contributed by atoms with Gasteiger partial charge in [-0.25, -0.2) is 0 Å². The summed E-state index contributed by atoms with van der Waals surface area (Å²) in [6.45, 7) is 0. The maximum atomic E-state index is 12.6. The molecule has 1 aromatic carbocycles. The Morgan fingerprint density at radius 2 is 2.09 bits per heavy atom. The predicted octanol–water partition coefficient (Wildman–Crippen LogP) is 4.65. The Morgan fingerprint density at radius 1 is 1.26 bits per heavy atom. The van der Waals surface area contributed by atoms with E-state index in [0.29, 0.717) is 41.4 Å². The van der Waals surface area contributed by atoms with Crippen molar-refractivity contribution in [2.75, 3.05) is 0 Å². The van der Waals surface area contributed by atoms with E-state index in [1.165, 1.54) is 0 Å². The van der Waals surface area contributed by atoms with Crippen LogP contribution in [0.1, 0.15) is 46.8 Å². The van der Waals surface area contributed by atoms with Crippen molar-refractivity contribution in [3.8, 4) is 0 Å². The Kier molecular flexibility index (Phi) is 4.79. The minimum Gasteiger partial charge on any atom is -0.299 e. The highest BCUT2D eigenvalue weighted by Gasteiger charge is 2.30. The van der Waals surface area contributed by atoms with Crippen LogP contribution in [0.3, 0.4) is 0 Å². The molecule has 1 aliphatic rings. The fourth-order valence-corrected chi connectivity index (χ4v) is 3.48. The van der Waals surface area contributed by atoms with E-state index in [1.807, 2.05) is 12.1 Å². The Labute approximate surface area is 144 Å². The van der Waals surface area contributed by atoms with Gasteiger partial charge >= 0.3 is 0 Å². The van der Waals surface area contributed by atoms with Gasteiger partial charge in [-0.15, -0.1) is 0 Å². The molecule has 0 fully saturated rings. The highest BCUT2D eigenvalue weighted by Crippen LogP contribution is 2.32. The number of fused-ring (bicyclic) bond motifs is 1. The second-order valence-corrected chi connectivity index (χ2v) is 6.50. The maximum Gasteiger partial charge on any atom is 0.181 e. The second-order valence-electron chi connectivity index (χ2n) is 5.66. The van der Waals surface area contributed by atoms with Crippen LogP contribution in [-0.2, 0) is 11.2 Å². The number of carbonyl (C=O) groups is 2. The van der Waals surface area contributed by atoms with Crippen LogP contribution in [0.25, 0.3) is 0 Å². The van der Waals surface area contributed by atoms with Gasteiger partial charge < -0.3 is 0 Å². The Morgan fingerprint density at radius 3 is 2.87 bits per heavy atom. The van der Waals surface area contributed by atoms with Crippen molar-refractivity contribution in [1.29, 1.82) is 0 Å². The molecule has 3 nitrogen and oxygen atoms in total. The molecule has 0 spiro atoms. The quantitative estimate of drug-likeness (QED) is 0.808. The van der Waals surface area contributed by atoms with Gasteiger partial charge in [-0.2, -0.15) is 0 Å². The monoisotopic (exact) mass is 347 g/mol. The first kappa shape index (κ1) is 16.2. The average molecular weight is 348 g/mol. The highest BCUT2D eigenvalue weighted by atomic mass is 35.5. The summed E-state index contributed by atoms with van der Waals surface area (Å²) in [6.07, 6.45) is 3.48. The fourth-order valence-electron chi connectivity index (χ4n) is 2.97. The molecule has 5 heteroatoms. The van der Waals surface area contributed by atoms with Crippen molar-refractivity contribution in [1.82, 2.24) is 4.98 Å². The standard InChI is InChI=1S/C18H15Cl2NO2/c19-12-5-3-11(15(20)10-12)4-7-16(22)13-6-8-17(23)18-14(13)2-1-9-21-18/h1-3,5,9-10,13H,4,6-8H2. The summed E-state index contributed by atoms with van der Waals surface area (Å²) in [5.41, 5.74) is 2.11. The Bertz CT molecular complexity index is 773. The SMILES string of the molecule is O=C1CCC(C(=O)CCc2ccc(Cl)cc2Cl)c2cccnc21. The zero-order chi connectivity index (χ0) is 16.4.